The van der Waals surface area contributed by atoms with Crippen molar-refractivity contribution < 1.29 is 19.4 Å². The average molecular weight is 626 g/mol. The summed E-state index contributed by atoms with van der Waals surface area (Å²) >= 11 is 0. The lowest BCUT2D eigenvalue weighted by molar-refractivity contribution is -0.122. The van der Waals surface area contributed by atoms with Crippen molar-refractivity contribution in [3.63, 3.8) is 0 Å². The number of aromatic hydroxyl groups is 1. The predicted octanol–water partition coefficient (Wildman–Crippen LogP) is 8.17. The summed E-state index contributed by atoms with van der Waals surface area (Å²) in [6.45, 7) is 2.59. The molecule has 4 aromatic rings. The quantitative estimate of drug-likeness (QED) is 0.136. The number of para-hydroxylation sites is 2. The molecule has 3 heterocycles. The molecule has 4 atom stereocenters. The number of fused-ring (bicyclic) bond motifs is 3. The molecule has 7 rings (SSSR count). The summed E-state index contributed by atoms with van der Waals surface area (Å²) in [6.07, 6.45) is 7.48. The van der Waals surface area contributed by atoms with Crippen molar-refractivity contribution in [1.82, 2.24) is 4.98 Å². The molecular formula is C40H39N3O4. The Morgan fingerprint density at radius 2 is 1.66 bits per heavy atom. The summed E-state index contributed by atoms with van der Waals surface area (Å²) in [5.41, 5.74) is 7.57. The molecule has 0 saturated carbocycles. The molecule has 2 N–H and O–H groups in total. The maximum absolute atomic E-state index is 14.1. The van der Waals surface area contributed by atoms with Crippen molar-refractivity contribution in [2.24, 2.45) is 17.8 Å². The Bertz CT molecular complexity index is 1820. The number of aromatic nitrogens is 1. The van der Waals surface area contributed by atoms with Gasteiger partial charge in [0.2, 0.25) is 11.8 Å². The molecule has 1 aliphatic carbocycles. The van der Waals surface area contributed by atoms with Crippen LogP contribution in [0.1, 0.15) is 50.3 Å². The fourth-order valence-electron chi connectivity index (χ4n) is 7.56. The second-order valence-corrected chi connectivity index (χ2v) is 12.6. The average Bonchev–Trinajstić information content (AvgIpc) is 3.63. The molecule has 0 bridgehead atoms. The maximum atomic E-state index is 14.1. The van der Waals surface area contributed by atoms with E-state index in [0.717, 1.165) is 41.0 Å². The monoisotopic (exact) mass is 625 g/mol. The van der Waals surface area contributed by atoms with E-state index in [-0.39, 0.29) is 35.5 Å². The summed E-state index contributed by atoms with van der Waals surface area (Å²) in [5.74, 6) is -0.908. The molecule has 3 aliphatic rings. The third-order valence-electron chi connectivity index (χ3n) is 9.68. The maximum Gasteiger partial charge on any atom is 0.238 e. The van der Waals surface area contributed by atoms with Crippen LogP contribution in [0.3, 0.4) is 0 Å². The number of rotatable bonds is 10. The highest BCUT2D eigenvalue weighted by atomic mass is 16.5. The van der Waals surface area contributed by atoms with E-state index in [1.54, 1.807) is 12.3 Å². The van der Waals surface area contributed by atoms with Crippen molar-refractivity contribution in [2.45, 2.75) is 45.1 Å². The van der Waals surface area contributed by atoms with Crippen LogP contribution in [0.2, 0.25) is 0 Å². The smallest absolute Gasteiger partial charge is 0.238 e. The van der Waals surface area contributed by atoms with E-state index in [1.165, 1.54) is 16.0 Å². The number of imide groups is 1. The van der Waals surface area contributed by atoms with Crippen LogP contribution in [0.25, 0.3) is 11.6 Å². The molecule has 238 valence electrons. The van der Waals surface area contributed by atoms with E-state index < -0.39 is 5.92 Å². The molecule has 2 saturated heterocycles. The number of anilines is 3. The highest BCUT2D eigenvalue weighted by molar-refractivity contribution is 6.22. The van der Waals surface area contributed by atoms with E-state index in [1.807, 2.05) is 97.1 Å². The summed E-state index contributed by atoms with van der Waals surface area (Å²) in [5, 5.41) is 13.8. The molecule has 7 heteroatoms. The number of pyridine rings is 1. The third-order valence-corrected chi connectivity index (χ3v) is 9.68. The summed E-state index contributed by atoms with van der Waals surface area (Å²) in [6, 6.07) is 30.6. The fraction of sp³-hybridized carbons (Fsp3) is 0.275. The number of nitrogens with zero attached hydrogens (tertiary/aromatic N) is 2. The number of allylic oxidation sites excluding steroid dienone is 2. The van der Waals surface area contributed by atoms with Gasteiger partial charge in [-0.25, -0.2) is 0 Å². The van der Waals surface area contributed by atoms with Gasteiger partial charge in [0, 0.05) is 29.1 Å². The van der Waals surface area contributed by atoms with Gasteiger partial charge in [0.1, 0.15) is 5.75 Å². The number of benzene rings is 3. The number of amides is 2. The van der Waals surface area contributed by atoms with Gasteiger partial charge in [-0.3, -0.25) is 19.5 Å². The van der Waals surface area contributed by atoms with E-state index in [0.29, 0.717) is 31.6 Å². The van der Waals surface area contributed by atoms with Gasteiger partial charge in [0.15, 0.2) is 0 Å². The van der Waals surface area contributed by atoms with Crippen molar-refractivity contribution in [3.8, 4) is 5.75 Å². The van der Waals surface area contributed by atoms with E-state index in [2.05, 4.69) is 17.2 Å². The number of hydrogen-bond donors (Lipinski definition) is 2. The molecule has 0 radical (unpaired) electrons. The number of carbonyl (C=O) groups excluding carboxylic acids is 2. The lowest BCUT2D eigenvalue weighted by atomic mass is 9.68. The number of phenolic OH excluding ortho intramolecular Hbond substituents is 1. The lowest BCUT2D eigenvalue weighted by Crippen LogP contribution is -2.34. The fourth-order valence-corrected chi connectivity index (χ4v) is 7.56. The first kappa shape index (κ1) is 30.6. The zero-order valence-electron chi connectivity index (χ0n) is 26.5. The Morgan fingerprint density at radius 3 is 2.40 bits per heavy atom. The van der Waals surface area contributed by atoms with Crippen molar-refractivity contribution in [2.75, 3.05) is 16.8 Å². The van der Waals surface area contributed by atoms with Gasteiger partial charge < -0.3 is 15.2 Å². The number of carbonyl (C=O) groups is 2. The van der Waals surface area contributed by atoms with E-state index in [9.17, 15) is 14.7 Å². The molecule has 2 fully saturated rings. The molecule has 0 spiro atoms. The van der Waals surface area contributed by atoms with Crippen LogP contribution in [-0.4, -0.2) is 34.6 Å². The van der Waals surface area contributed by atoms with Gasteiger partial charge >= 0.3 is 0 Å². The van der Waals surface area contributed by atoms with Crippen LogP contribution in [0, 0.1) is 17.8 Å². The normalized spacial score (nSPS) is 22.4. The topological polar surface area (TPSA) is 91.8 Å². The van der Waals surface area contributed by atoms with Crippen LogP contribution in [0.15, 0.2) is 114 Å². The highest BCUT2D eigenvalue weighted by Gasteiger charge is 2.57. The van der Waals surface area contributed by atoms with Crippen LogP contribution in [-0.2, 0) is 14.3 Å². The minimum atomic E-state index is -0.419. The Morgan fingerprint density at radius 1 is 0.915 bits per heavy atom. The molecule has 47 heavy (non-hydrogen) atoms. The van der Waals surface area contributed by atoms with Crippen molar-refractivity contribution in [1.29, 1.82) is 0 Å². The summed E-state index contributed by atoms with van der Waals surface area (Å²) in [4.78, 5) is 34.0. The van der Waals surface area contributed by atoms with Crippen molar-refractivity contribution >= 4 is 40.5 Å². The van der Waals surface area contributed by atoms with Gasteiger partial charge in [0.25, 0.3) is 0 Å². The molecule has 2 aliphatic heterocycles. The van der Waals surface area contributed by atoms with Gasteiger partial charge in [-0.1, -0.05) is 61.4 Å². The molecule has 1 aromatic heterocycles. The third kappa shape index (κ3) is 6.11. The first-order valence-electron chi connectivity index (χ1n) is 16.5. The Labute approximate surface area is 275 Å². The molecular weight excluding hydrogens is 586 g/mol. The SMILES string of the molecule is CCCC1=C2[C@@H](CC/C(=C/c3ccccc3O)c3ccccn3)OC[C@@H]2[C@@H]2C(=O)N(c3ccc(Nc4ccccc4)cc3)C(=O)[C@@H]2C1. The second kappa shape index (κ2) is 13.4. The van der Waals surface area contributed by atoms with E-state index >= 15 is 0 Å². The standard InChI is InChI=1S/C40H39N3O4/c1-2-10-28-24-32-38(40(46)43(39(32)45)31-19-17-30(18-20-31)42-29-12-4-3-5-13-29)33-25-47-36(37(28)33)21-16-26(34-14-8-9-22-41-34)23-27-11-6-7-15-35(27)44/h3-9,11-15,17-20,22-23,32-33,36,38,42,44H,2,10,16,21,24-25H2,1H3/b26-23-/t32-,33+,36-,38-/m1/s1. The van der Waals surface area contributed by atoms with Crippen LogP contribution < -0.4 is 10.2 Å². The van der Waals surface area contributed by atoms with Crippen LogP contribution in [0.5, 0.6) is 5.75 Å². The minimum absolute atomic E-state index is 0.108. The van der Waals surface area contributed by atoms with Crippen molar-refractivity contribution in [3.05, 3.63) is 126 Å². The lowest BCUT2D eigenvalue weighted by Gasteiger charge is -2.32. The molecule has 3 aromatic carbocycles. The Kier molecular flexibility index (Phi) is 8.72. The second-order valence-electron chi connectivity index (χ2n) is 12.6. The summed E-state index contributed by atoms with van der Waals surface area (Å²) in [7, 11) is 0. The van der Waals surface area contributed by atoms with Gasteiger partial charge in [-0.05, 0) is 97.5 Å². The molecule has 2 amide bonds. The van der Waals surface area contributed by atoms with Gasteiger partial charge in [-0.15, -0.1) is 0 Å². The Balaban J connectivity index is 1.12. The van der Waals surface area contributed by atoms with Gasteiger partial charge in [-0.2, -0.15) is 0 Å². The van der Waals surface area contributed by atoms with Crippen LogP contribution in [0.4, 0.5) is 17.1 Å². The zero-order valence-corrected chi connectivity index (χ0v) is 26.5. The Hall–Kier alpha value is -5.01. The summed E-state index contributed by atoms with van der Waals surface area (Å²) < 4.78 is 6.50. The number of hydrogen-bond acceptors (Lipinski definition) is 6. The number of ether oxygens (including phenoxy) is 1. The molecule has 7 nitrogen and oxygen atoms in total. The first-order valence-corrected chi connectivity index (χ1v) is 16.5. The van der Waals surface area contributed by atoms with E-state index in [4.69, 9.17) is 4.74 Å². The first-order chi connectivity index (χ1) is 23.0. The molecule has 0 unspecified atom stereocenters. The largest absolute Gasteiger partial charge is 0.507 e. The number of nitrogens with one attached hydrogen (secondary N) is 1. The highest BCUT2D eigenvalue weighted by Crippen LogP contribution is 2.51. The number of phenols is 1. The minimum Gasteiger partial charge on any atom is -0.507 e. The van der Waals surface area contributed by atoms with Gasteiger partial charge in [0.05, 0.1) is 35.9 Å². The zero-order chi connectivity index (χ0) is 32.3. The predicted molar refractivity (Wildman–Crippen MR) is 185 cm³/mol. The van der Waals surface area contributed by atoms with Crippen LogP contribution >= 0.6 is 0 Å².